The van der Waals surface area contributed by atoms with Crippen molar-refractivity contribution in [2.45, 2.75) is 83.3 Å². The minimum atomic E-state index is -0.574. The lowest BCUT2D eigenvalue weighted by atomic mass is 9.48. The van der Waals surface area contributed by atoms with E-state index in [1.165, 1.54) is 18.1 Å². The first kappa shape index (κ1) is 19.9. The predicted molar refractivity (Wildman–Crippen MR) is 113 cm³/mol. The number of amides is 1. The summed E-state index contributed by atoms with van der Waals surface area (Å²) in [4.78, 5) is 24.2. The van der Waals surface area contributed by atoms with Gasteiger partial charge in [0.25, 0.3) is 0 Å². The number of nitrogens with one attached hydrogen (secondary N) is 1. The van der Waals surface area contributed by atoms with Crippen molar-refractivity contribution in [3.05, 3.63) is 29.3 Å². The van der Waals surface area contributed by atoms with E-state index in [1.807, 2.05) is 0 Å². The maximum absolute atomic E-state index is 12.2. The maximum Gasteiger partial charge on any atom is 0.303 e. The van der Waals surface area contributed by atoms with Crippen molar-refractivity contribution in [1.82, 2.24) is 5.32 Å². The van der Waals surface area contributed by atoms with E-state index in [2.05, 4.69) is 30.4 Å². The zero-order valence-corrected chi connectivity index (χ0v) is 18.5. The molecule has 0 unspecified atom stereocenters. The summed E-state index contributed by atoms with van der Waals surface area (Å²) in [5, 5.41) is 3.19. The number of methoxy groups -OCH3 is 1. The number of carbonyl (C=O) groups excluding carboxylic acids is 2. The molecule has 5 rings (SSSR count). The molecule has 0 radical (unpaired) electrons. The minimum Gasteiger partial charge on any atom is -0.497 e. The zero-order valence-electron chi connectivity index (χ0n) is 18.5. The Morgan fingerprint density at radius 3 is 2.63 bits per heavy atom. The average Bonchev–Trinajstić information content (AvgIpc) is 3.06. The monoisotopic (exact) mass is 411 g/mol. The van der Waals surface area contributed by atoms with Gasteiger partial charge in [-0.15, -0.1) is 0 Å². The van der Waals surface area contributed by atoms with Gasteiger partial charge in [-0.3, -0.25) is 9.59 Å². The SMILES string of the molecule is COc1ccc2c(c1)CC[C@@H]1[C@@H]2CC[C@@]2(C)[C@]13CC[C@@]2(OC(C)=O)[C@H](NC(C)=O)C3. The normalized spacial score (nSPS) is 40.7. The third-order valence-corrected chi connectivity index (χ3v) is 9.44. The smallest absolute Gasteiger partial charge is 0.303 e. The summed E-state index contributed by atoms with van der Waals surface area (Å²) in [6.45, 7) is 5.44. The molecule has 0 aliphatic heterocycles. The molecule has 162 valence electrons. The summed E-state index contributed by atoms with van der Waals surface area (Å²) in [5.74, 6) is 1.78. The van der Waals surface area contributed by atoms with E-state index in [-0.39, 0.29) is 28.7 Å². The number of hydrogen-bond acceptors (Lipinski definition) is 4. The first-order valence-electron chi connectivity index (χ1n) is 11.4. The molecule has 1 amide bonds. The zero-order chi connectivity index (χ0) is 21.3. The van der Waals surface area contributed by atoms with Gasteiger partial charge in [-0.25, -0.2) is 0 Å². The summed E-state index contributed by atoms with van der Waals surface area (Å²) in [6, 6.07) is 6.50. The summed E-state index contributed by atoms with van der Waals surface area (Å²) in [5.41, 5.74) is 2.35. The Kier molecular flexibility index (Phi) is 4.30. The van der Waals surface area contributed by atoms with Gasteiger partial charge in [-0.1, -0.05) is 13.0 Å². The molecule has 4 aliphatic carbocycles. The maximum atomic E-state index is 12.2. The van der Waals surface area contributed by atoms with Crippen molar-refractivity contribution in [1.29, 1.82) is 0 Å². The van der Waals surface area contributed by atoms with E-state index in [4.69, 9.17) is 9.47 Å². The van der Waals surface area contributed by atoms with Crippen LogP contribution in [-0.2, 0) is 20.7 Å². The number of aryl methyl sites for hydroxylation is 1. The van der Waals surface area contributed by atoms with E-state index < -0.39 is 5.60 Å². The van der Waals surface area contributed by atoms with Crippen LogP contribution in [-0.4, -0.2) is 30.6 Å². The highest BCUT2D eigenvalue weighted by atomic mass is 16.6. The standard InChI is InChI=1S/C25H33NO4/c1-15(27)26-22-14-24-11-12-25(22,30-16(2)28)23(24,3)10-9-20-19-7-6-18(29-4)13-17(19)5-8-21(20)24/h6-7,13,20-22H,5,8-12,14H2,1-4H3,(H,26,27)/t20-,21-,22-,23+,24+,25-/m1/s1. The topological polar surface area (TPSA) is 64.6 Å². The van der Waals surface area contributed by atoms with E-state index in [1.54, 1.807) is 14.0 Å². The van der Waals surface area contributed by atoms with Gasteiger partial charge in [0.2, 0.25) is 5.91 Å². The second-order valence-corrected chi connectivity index (χ2v) is 10.3. The molecule has 2 bridgehead atoms. The minimum absolute atomic E-state index is 0.0338. The molecule has 4 aliphatic rings. The van der Waals surface area contributed by atoms with Crippen LogP contribution in [0.5, 0.6) is 5.75 Å². The Morgan fingerprint density at radius 2 is 1.93 bits per heavy atom. The van der Waals surface area contributed by atoms with Crippen molar-refractivity contribution in [2.24, 2.45) is 16.7 Å². The number of hydrogen-bond donors (Lipinski definition) is 1. The van der Waals surface area contributed by atoms with Gasteiger partial charge in [0.15, 0.2) is 0 Å². The lowest BCUT2D eigenvalue weighted by Crippen LogP contribution is -2.58. The largest absolute Gasteiger partial charge is 0.497 e. The van der Waals surface area contributed by atoms with Crippen LogP contribution in [0.3, 0.4) is 0 Å². The number of carbonyl (C=O) groups is 2. The van der Waals surface area contributed by atoms with Crippen LogP contribution < -0.4 is 10.1 Å². The second kappa shape index (κ2) is 6.48. The summed E-state index contributed by atoms with van der Waals surface area (Å²) >= 11 is 0. The van der Waals surface area contributed by atoms with Crippen molar-refractivity contribution in [3.8, 4) is 5.75 Å². The lowest BCUT2D eigenvalue weighted by molar-refractivity contribution is -0.178. The van der Waals surface area contributed by atoms with Gasteiger partial charge in [-0.05, 0) is 85.5 Å². The quantitative estimate of drug-likeness (QED) is 0.760. The molecule has 3 saturated carbocycles. The average molecular weight is 412 g/mol. The van der Waals surface area contributed by atoms with Gasteiger partial charge in [0.1, 0.15) is 11.4 Å². The summed E-state index contributed by atoms with van der Waals surface area (Å²) < 4.78 is 11.6. The molecule has 1 aromatic rings. The van der Waals surface area contributed by atoms with E-state index in [0.717, 1.165) is 50.7 Å². The fourth-order valence-corrected chi connectivity index (χ4v) is 8.39. The molecule has 5 heteroatoms. The summed E-state index contributed by atoms with van der Waals surface area (Å²) in [6.07, 6.45) is 7.22. The highest BCUT2D eigenvalue weighted by molar-refractivity contribution is 5.74. The molecule has 1 N–H and O–H groups in total. The van der Waals surface area contributed by atoms with Crippen molar-refractivity contribution in [2.75, 3.05) is 7.11 Å². The molecule has 0 heterocycles. The van der Waals surface area contributed by atoms with Crippen LogP contribution in [0.4, 0.5) is 0 Å². The molecule has 30 heavy (non-hydrogen) atoms. The first-order valence-corrected chi connectivity index (χ1v) is 11.4. The predicted octanol–water partition coefficient (Wildman–Crippen LogP) is 4.13. The Bertz CT molecular complexity index is 912. The van der Waals surface area contributed by atoms with E-state index in [9.17, 15) is 9.59 Å². The third-order valence-electron chi connectivity index (χ3n) is 9.44. The Hall–Kier alpha value is -2.04. The van der Waals surface area contributed by atoms with Gasteiger partial charge in [-0.2, -0.15) is 0 Å². The second-order valence-electron chi connectivity index (χ2n) is 10.3. The first-order chi connectivity index (χ1) is 14.3. The summed E-state index contributed by atoms with van der Waals surface area (Å²) in [7, 11) is 1.73. The van der Waals surface area contributed by atoms with Crippen molar-refractivity contribution >= 4 is 11.9 Å². The molecule has 0 saturated heterocycles. The fourth-order valence-electron chi connectivity index (χ4n) is 8.39. The molecule has 3 fully saturated rings. The van der Waals surface area contributed by atoms with Gasteiger partial charge >= 0.3 is 5.97 Å². The van der Waals surface area contributed by atoms with E-state index in [0.29, 0.717) is 11.8 Å². The number of benzene rings is 1. The molecule has 0 aromatic heterocycles. The van der Waals surface area contributed by atoms with Crippen LogP contribution >= 0.6 is 0 Å². The molecule has 5 nitrogen and oxygen atoms in total. The Balaban J connectivity index is 1.57. The van der Waals surface area contributed by atoms with Gasteiger partial charge in [0.05, 0.1) is 13.2 Å². The molecule has 0 spiro atoms. The number of fused-ring (bicyclic) bond motifs is 3. The van der Waals surface area contributed by atoms with Crippen molar-refractivity contribution < 1.29 is 19.1 Å². The van der Waals surface area contributed by atoms with Crippen LogP contribution in [0, 0.1) is 16.7 Å². The molecule has 1 aromatic carbocycles. The highest BCUT2D eigenvalue weighted by Crippen LogP contribution is 2.78. The van der Waals surface area contributed by atoms with Crippen LogP contribution in [0.1, 0.15) is 76.3 Å². The number of rotatable bonds is 3. The molecular formula is C25H33NO4. The van der Waals surface area contributed by atoms with Crippen LogP contribution in [0.2, 0.25) is 0 Å². The lowest BCUT2D eigenvalue weighted by Gasteiger charge is -2.56. The molecular weight excluding hydrogens is 378 g/mol. The van der Waals surface area contributed by atoms with Crippen LogP contribution in [0.15, 0.2) is 18.2 Å². The Labute approximate surface area is 178 Å². The fraction of sp³-hybridized carbons (Fsp3) is 0.680. The Morgan fingerprint density at radius 1 is 1.13 bits per heavy atom. The number of ether oxygens (including phenoxy) is 2. The van der Waals surface area contributed by atoms with Gasteiger partial charge in [0, 0.05) is 19.3 Å². The third kappa shape index (κ3) is 2.35. The van der Waals surface area contributed by atoms with E-state index >= 15 is 0 Å². The molecule has 6 atom stereocenters. The highest BCUT2D eigenvalue weighted by Gasteiger charge is 2.78. The number of esters is 1. The van der Waals surface area contributed by atoms with Crippen LogP contribution in [0.25, 0.3) is 0 Å². The van der Waals surface area contributed by atoms with Crippen molar-refractivity contribution in [3.63, 3.8) is 0 Å². The van der Waals surface area contributed by atoms with Gasteiger partial charge < -0.3 is 14.8 Å².